The van der Waals surface area contributed by atoms with Gasteiger partial charge < -0.3 is 0 Å². The van der Waals surface area contributed by atoms with Crippen molar-refractivity contribution >= 4 is 0 Å². The lowest BCUT2D eigenvalue weighted by molar-refractivity contribution is 0.252. The second-order valence-electron chi connectivity index (χ2n) is 2.88. The molecule has 0 bridgehead atoms. The largest absolute Gasteiger partial charge is 0.259 e. The van der Waals surface area contributed by atoms with Gasteiger partial charge in [0.15, 0.2) is 0 Å². The van der Waals surface area contributed by atoms with Gasteiger partial charge in [-0.1, -0.05) is 12.8 Å². The van der Waals surface area contributed by atoms with Gasteiger partial charge in [0.1, 0.15) is 0 Å². The SMILES string of the molecule is CNN(C)CCC1CC1. The van der Waals surface area contributed by atoms with E-state index >= 15 is 0 Å². The third-order valence-corrected chi connectivity index (χ3v) is 1.95. The lowest BCUT2D eigenvalue weighted by Gasteiger charge is -2.13. The molecule has 0 unspecified atom stereocenters. The van der Waals surface area contributed by atoms with Crippen molar-refractivity contribution in [2.45, 2.75) is 19.3 Å². The van der Waals surface area contributed by atoms with Gasteiger partial charge in [-0.3, -0.25) is 5.43 Å². The van der Waals surface area contributed by atoms with Crippen LogP contribution in [0.4, 0.5) is 0 Å². The van der Waals surface area contributed by atoms with Crippen LogP contribution in [0, 0.1) is 5.92 Å². The molecule has 1 rings (SSSR count). The monoisotopic (exact) mass is 128 g/mol. The van der Waals surface area contributed by atoms with Crippen molar-refractivity contribution in [3.63, 3.8) is 0 Å². The Hall–Kier alpha value is -0.0800. The zero-order valence-electron chi connectivity index (χ0n) is 6.35. The molecule has 0 aromatic rings. The summed E-state index contributed by atoms with van der Waals surface area (Å²) < 4.78 is 0. The van der Waals surface area contributed by atoms with Crippen molar-refractivity contribution in [1.29, 1.82) is 0 Å². The first-order valence-corrected chi connectivity index (χ1v) is 3.71. The molecular formula is C7H16N2. The molecule has 0 saturated heterocycles. The van der Waals surface area contributed by atoms with Crippen molar-refractivity contribution in [1.82, 2.24) is 10.4 Å². The number of hydrogen-bond donors (Lipinski definition) is 1. The minimum atomic E-state index is 1.06. The van der Waals surface area contributed by atoms with Crippen LogP contribution in [-0.2, 0) is 0 Å². The summed E-state index contributed by atoms with van der Waals surface area (Å²) in [6.45, 7) is 1.20. The molecule has 0 heterocycles. The highest BCUT2D eigenvalue weighted by Gasteiger charge is 2.20. The first-order chi connectivity index (χ1) is 4.33. The molecule has 1 aliphatic carbocycles. The molecule has 54 valence electrons. The minimum Gasteiger partial charge on any atom is -0.259 e. The lowest BCUT2D eigenvalue weighted by Crippen LogP contribution is -2.31. The van der Waals surface area contributed by atoms with Crippen LogP contribution in [0.2, 0.25) is 0 Å². The highest BCUT2D eigenvalue weighted by Crippen LogP contribution is 2.31. The summed E-state index contributed by atoms with van der Waals surface area (Å²) in [6, 6.07) is 0. The maximum atomic E-state index is 3.08. The van der Waals surface area contributed by atoms with E-state index < -0.39 is 0 Å². The Morgan fingerprint density at radius 2 is 2.22 bits per heavy atom. The van der Waals surface area contributed by atoms with E-state index in [9.17, 15) is 0 Å². The quantitative estimate of drug-likeness (QED) is 0.565. The van der Waals surface area contributed by atoms with E-state index in [1.165, 1.54) is 25.8 Å². The zero-order valence-corrected chi connectivity index (χ0v) is 6.35. The minimum absolute atomic E-state index is 1.06. The van der Waals surface area contributed by atoms with Gasteiger partial charge >= 0.3 is 0 Å². The second kappa shape index (κ2) is 3.18. The topological polar surface area (TPSA) is 15.3 Å². The molecule has 0 aromatic carbocycles. The van der Waals surface area contributed by atoms with Crippen LogP contribution in [0.5, 0.6) is 0 Å². The fourth-order valence-electron chi connectivity index (χ4n) is 0.895. The van der Waals surface area contributed by atoms with E-state index in [1.807, 2.05) is 7.05 Å². The Balaban J connectivity index is 1.90. The molecule has 9 heavy (non-hydrogen) atoms. The molecule has 2 nitrogen and oxygen atoms in total. The summed E-state index contributed by atoms with van der Waals surface area (Å²) in [4.78, 5) is 0. The number of nitrogens with one attached hydrogen (secondary N) is 1. The Morgan fingerprint density at radius 3 is 2.67 bits per heavy atom. The van der Waals surface area contributed by atoms with Gasteiger partial charge in [-0.15, -0.1) is 0 Å². The van der Waals surface area contributed by atoms with Crippen LogP contribution in [0.1, 0.15) is 19.3 Å². The first-order valence-electron chi connectivity index (χ1n) is 3.71. The maximum absolute atomic E-state index is 3.08. The first kappa shape index (κ1) is 7.03. The summed E-state index contributed by atoms with van der Waals surface area (Å²) in [7, 11) is 4.05. The van der Waals surface area contributed by atoms with Crippen LogP contribution in [0.15, 0.2) is 0 Å². The molecule has 0 atom stereocenters. The number of nitrogens with zero attached hydrogens (tertiary/aromatic N) is 1. The molecule has 0 radical (unpaired) electrons. The second-order valence-corrected chi connectivity index (χ2v) is 2.88. The van der Waals surface area contributed by atoms with Crippen LogP contribution in [0.3, 0.4) is 0 Å². The smallest absolute Gasteiger partial charge is 0.0130 e. The third-order valence-electron chi connectivity index (χ3n) is 1.95. The lowest BCUT2D eigenvalue weighted by atomic mass is 10.3. The molecule has 1 saturated carbocycles. The summed E-state index contributed by atoms with van der Waals surface area (Å²) >= 11 is 0. The van der Waals surface area contributed by atoms with Crippen molar-refractivity contribution in [2.24, 2.45) is 5.92 Å². The fourth-order valence-corrected chi connectivity index (χ4v) is 0.895. The van der Waals surface area contributed by atoms with Gasteiger partial charge in [0.25, 0.3) is 0 Å². The van der Waals surface area contributed by atoms with Crippen LogP contribution in [-0.4, -0.2) is 25.6 Å². The normalized spacial score (nSPS) is 19.0. The maximum Gasteiger partial charge on any atom is 0.0130 e. The van der Waals surface area contributed by atoms with Gasteiger partial charge in [-0.2, -0.15) is 0 Å². The Kier molecular flexibility index (Phi) is 2.49. The molecular weight excluding hydrogens is 112 g/mol. The van der Waals surface area contributed by atoms with E-state index in [2.05, 4.69) is 17.5 Å². The van der Waals surface area contributed by atoms with E-state index in [4.69, 9.17) is 0 Å². The molecule has 2 heteroatoms. The fraction of sp³-hybridized carbons (Fsp3) is 1.00. The summed E-state index contributed by atoms with van der Waals surface area (Å²) in [5.41, 5.74) is 3.08. The van der Waals surface area contributed by atoms with Crippen molar-refractivity contribution < 1.29 is 0 Å². The van der Waals surface area contributed by atoms with Gasteiger partial charge in [-0.05, 0) is 19.4 Å². The predicted molar refractivity (Wildman–Crippen MR) is 39.0 cm³/mol. The van der Waals surface area contributed by atoms with Crippen LogP contribution >= 0.6 is 0 Å². The van der Waals surface area contributed by atoms with E-state index in [1.54, 1.807) is 0 Å². The number of hydrazine groups is 1. The summed E-state index contributed by atoms with van der Waals surface area (Å²) in [5, 5.41) is 2.14. The summed E-state index contributed by atoms with van der Waals surface area (Å²) in [5.74, 6) is 1.06. The zero-order chi connectivity index (χ0) is 6.69. The molecule has 0 aliphatic heterocycles. The third kappa shape index (κ3) is 2.82. The molecule has 1 N–H and O–H groups in total. The van der Waals surface area contributed by atoms with Crippen molar-refractivity contribution in [2.75, 3.05) is 20.6 Å². The van der Waals surface area contributed by atoms with Gasteiger partial charge in [0, 0.05) is 13.6 Å². The van der Waals surface area contributed by atoms with Gasteiger partial charge in [0.05, 0.1) is 0 Å². The van der Waals surface area contributed by atoms with E-state index in [-0.39, 0.29) is 0 Å². The van der Waals surface area contributed by atoms with E-state index in [0.717, 1.165) is 5.92 Å². The van der Waals surface area contributed by atoms with Gasteiger partial charge in [0.2, 0.25) is 0 Å². The van der Waals surface area contributed by atoms with Crippen LogP contribution < -0.4 is 5.43 Å². The van der Waals surface area contributed by atoms with Gasteiger partial charge in [-0.25, -0.2) is 5.01 Å². The molecule has 0 amide bonds. The van der Waals surface area contributed by atoms with Crippen LogP contribution in [0.25, 0.3) is 0 Å². The highest BCUT2D eigenvalue weighted by atomic mass is 15.5. The summed E-state index contributed by atoms with van der Waals surface area (Å²) in [6.07, 6.45) is 4.31. The van der Waals surface area contributed by atoms with Crippen molar-refractivity contribution in [3.8, 4) is 0 Å². The standard InChI is InChI=1S/C7H16N2/c1-8-9(2)6-5-7-3-4-7/h7-8H,3-6H2,1-2H3. The van der Waals surface area contributed by atoms with E-state index in [0.29, 0.717) is 0 Å². The molecule has 0 aromatic heterocycles. The average Bonchev–Trinajstić information content (AvgIpc) is 2.65. The molecule has 0 spiro atoms. The predicted octanol–water partition coefficient (Wildman–Crippen LogP) is 0.853. The van der Waals surface area contributed by atoms with Crippen molar-refractivity contribution in [3.05, 3.63) is 0 Å². The molecule has 1 aliphatic rings. The Bertz CT molecular complexity index is 79.0. The Labute approximate surface area is 57.2 Å². The highest BCUT2D eigenvalue weighted by molar-refractivity contribution is 4.73. The Morgan fingerprint density at radius 1 is 1.56 bits per heavy atom. The number of rotatable bonds is 4. The average molecular weight is 128 g/mol. The molecule has 1 fully saturated rings. The number of hydrogen-bond acceptors (Lipinski definition) is 2.